The first-order valence-electron chi connectivity index (χ1n) is 14.4. The molecule has 0 bridgehead atoms. The second-order valence-electron chi connectivity index (χ2n) is 10.8. The fourth-order valence-electron chi connectivity index (χ4n) is 5.87. The molecule has 1 heterocycles. The van der Waals surface area contributed by atoms with E-state index in [9.17, 15) is 13.2 Å². The van der Waals surface area contributed by atoms with E-state index < -0.39 is 10.0 Å². The molecule has 8 nitrogen and oxygen atoms in total. The lowest BCUT2D eigenvalue weighted by molar-refractivity contribution is -0.126. The Balaban J connectivity index is 1.19. The minimum absolute atomic E-state index is 0.0619. The molecule has 2 aromatic rings. The number of amides is 1. The molecule has 1 aliphatic carbocycles. The van der Waals surface area contributed by atoms with Crippen molar-refractivity contribution in [1.82, 2.24) is 14.5 Å². The predicted molar refractivity (Wildman–Crippen MR) is 162 cm³/mol. The Labute approximate surface area is 254 Å². The molecule has 1 saturated carbocycles. The van der Waals surface area contributed by atoms with Gasteiger partial charge in [-0.1, -0.05) is 59.6 Å². The number of carbonyl (C=O) groups is 1. The van der Waals surface area contributed by atoms with Crippen molar-refractivity contribution in [2.75, 3.05) is 53.1 Å². The van der Waals surface area contributed by atoms with E-state index >= 15 is 0 Å². The van der Waals surface area contributed by atoms with E-state index in [4.69, 9.17) is 32.7 Å². The van der Waals surface area contributed by atoms with E-state index in [1.807, 2.05) is 0 Å². The Kier molecular flexibility index (Phi) is 12.3. The van der Waals surface area contributed by atoms with Crippen LogP contribution in [0.1, 0.15) is 37.7 Å². The zero-order chi connectivity index (χ0) is 29.2. The van der Waals surface area contributed by atoms with Crippen LogP contribution in [-0.4, -0.2) is 88.7 Å². The Morgan fingerprint density at radius 2 is 1.71 bits per heavy atom. The molecule has 2 aromatic carbocycles. The monoisotopic (exact) mass is 625 g/mol. The molecule has 1 amide bonds. The number of nitrogens with one attached hydrogen (secondary N) is 1. The van der Waals surface area contributed by atoms with Crippen LogP contribution < -0.4 is 5.32 Å². The maximum atomic E-state index is 12.9. The molecule has 0 spiro atoms. The number of rotatable bonds is 13. The van der Waals surface area contributed by atoms with E-state index in [2.05, 4.69) is 40.5 Å². The number of likely N-dealkylation sites (N-methyl/N-ethyl adjacent to an activating group) is 1. The van der Waals surface area contributed by atoms with Gasteiger partial charge >= 0.3 is 0 Å². The van der Waals surface area contributed by atoms with E-state index in [1.165, 1.54) is 24.7 Å². The van der Waals surface area contributed by atoms with Crippen molar-refractivity contribution in [3.63, 3.8) is 0 Å². The summed E-state index contributed by atoms with van der Waals surface area (Å²) in [7, 11) is -2.45. The van der Waals surface area contributed by atoms with Gasteiger partial charge in [0.2, 0.25) is 15.9 Å². The van der Waals surface area contributed by atoms with Gasteiger partial charge in [0.25, 0.3) is 0 Å². The van der Waals surface area contributed by atoms with Crippen LogP contribution in [0.25, 0.3) is 0 Å². The van der Waals surface area contributed by atoms with Crippen LogP contribution in [0.5, 0.6) is 0 Å². The van der Waals surface area contributed by atoms with Gasteiger partial charge in [0.05, 0.1) is 29.9 Å². The smallest absolute Gasteiger partial charge is 0.246 e. The predicted octanol–water partition coefficient (Wildman–Crippen LogP) is 4.64. The first-order valence-corrected chi connectivity index (χ1v) is 16.6. The molecule has 11 heteroatoms. The Hall–Kier alpha value is -1.72. The van der Waals surface area contributed by atoms with Crippen LogP contribution in [-0.2, 0) is 30.7 Å². The van der Waals surface area contributed by atoms with Crippen molar-refractivity contribution < 1.29 is 22.7 Å². The first kappa shape index (κ1) is 32.2. The van der Waals surface area contributed by atoms with E-state index in [0.29, 0.717) is 12.0 Å². The fourth-order valence-corrected chi connectivity index (χ4v) is 8.10. The number of carbonyl (C=O) groups excluding carboxylic acids is 1. The molecule has 2 aliphatic rings. The number of hydrogen-bond donors (Lipinski definition) is 1. The quantitative estimate of drug-likeness (QED) is 0.326. The summed E-state index contributed by atoms with van der Waals surface area (Å²) in [5, 5.41) is 3.23. The largest absolute Gasteiger partial charge is 0.379 e. The number of ether oxygens (including phenoxy) is 2. The molecule has 1 N–H and O–H groups in total. The highest BCUT2D eigenvalue weighted by molar-refractivity contribution is 7.89. The van der Waals surface area contributed by atoms with Crippen molar-refractivity contribution >= 4 is 39.1 Å². The van der Waals surface area contributed by atoms with Crippen LogP contribution in [0.4, 0.5) is 0 Å². The molecule has 226 valence electrons. The second-order valence-corrected chi connectivity index (χ2v) is 13.6. The maximum absolute atomic E-state index is 12.9. The summed E-state index contributed by atoms with van der Waals surface area (Å²) >= 11 is 12.2. The average Bonchev–Trinajstić information content (AvgIpc) is 2.97. The lowest BCUT2D eigenvalue weighted by Crippen LogP contribution is -2.49. The van der Waals surface area contributed by atoms with Gasteiger partial charge in [0.15, 0.2) is 0 Å². The van der Waals surface area contributed by atoms with Gasteiger partial charge < -0.3 is 14.8 Å². The van der Waals surface area contributed by atoms with E-state index in [1.54, 1.807) is 6.07 Å². The highest BCUT2D eigenvalue weighted by Gasteiger charge is 2.32. The zero-order valence-corrected chi connectivity index (χ0v) is 26.0. The Bertz CT molecular complexity index is 1200. The molecule has 1 saturated heterocycles. The van der Waals surface area contributed by atoms with Crippen molar-refractivity contribution in [1.29, 1.82) is 0 Å². The van der Waals surface area contributed by atoms with Gasteiger partial charge in [-0.25, -0.2) is 8.42 Å². The summed E-state index contributed by atoms with van der Waals surface area (Å²) in [6, 6.07) is 15.9. The zero-order valence-electron chi connectivity index (χ0n) is 23.6. The summed E-state index contributed by atoms with van der Waals surface area (Å²) in [5.74, 6) is 0.423. The topological polar surface area (TPSA) is 88.2 Å². The van der Waals surface area contributed by atoms with Crippen molar-refractivity contribution in [3.8, 4) is 0 Å². The summed E-state index contributed by atoms with van der Waals surface area (Å²) in [6.45, 7) is 3.57. The maximum Gasteiger partial charge on any atom is 0.246 e. The standard InChI is InChI=1S/C30H41Cl2N3O5S/c1-34(41(37,38)30-26(31)8-5-9-27(30)32)16-19-40-22-29(36)33-25-13-11-24(12-14-25)28(35-17-20-39-21-18-35)15-10-23-6-3-2-4-7-23/h2-9,24-25,28H,10-22H2,1H3,(H,33,36). The minimum Gasteiger partial charge on any atom is -0.379 e. The number of nitrogens with zero attached hydrogens (tertiary/aromatic N) is 2. The van der Waals surface area contributed by atoms with Gasteiger partial charge in [-0.3, -0.25) is 9.69 Å². The second kappa shape index (κ2) is 15.7. The van der Waals surface area contributed by atoms with Gasteiger partial charge in [0.1, 0.15) is 11.5 Å². The van der Waals surface area contributed by atoms with Crippen molar-refractivity contribution in [2.45, 2.75) is 55.5 Å². The third kappa shape index (κ3) is 9.13. The van der Waals surface area contributed by atoms with Crippen LogP contribution in [0, 0.1) is 5.92 Å². The number of halogens is 2. The highest BCUT2D eigenvalue weighted by Crippen LogP contribution is 2.33. The molecule has 1 unspecified atom stereocenters. The van der Waals surface area contributed by atoms with Crippen LogP contribution in [0.15, 0.2) is 53.4 Å². The van der Waals surface area contributed by atoms with Gasteiger partial charge in [-0.2, -0.15) is 4.31 Å². The normalized spacial score (nSPS) is 21.1. The molecular weight excluding hydrogens is 585 g/mol. The van der Waals surface area contributed by atoms with Gasteiger partial charge in [-0.05, 0) is 62.1 Å². The van der Waals surface area contributed by atoms with E-state index in [0.717, 1.165) is 69.1 Å². The van der Waals surface area contributed by atoms with Crippen molar-refractivity contribution in [3.05, 3.63) is 64.1 Å². The lowest BCUT2D eigenvalue weighted by atomic mass is 9.79. The third-order valence-corrected chi connectivity index (χ3v) is 11.0. The number of aryl methyl sites for hydroxylation is 1. The Morgan fingerprint density at radius 3 is 2.37 bits per heavy atom. The Morgan fingerprint density at radius 1 is 1.05 bits per heavy atom. The molecule has 0 aromatic heterocycles. The summed E-state index contributed by atoms with van der Waals surface area (Å²) in [4.78, 5) is 15.0. The average molecular weight is 627 g/mol. The molecule has 1 aliphatic heterocycles. The first-order chi connectivity index (χ1) is 19.8. The molecular formula is C30H41Cl2N3O5S. The van der Waals surface area contributed by atoms with Crippen LogP contribution in [0.2, 0.25) is 10.0 Å². The van der Waals surface area contributed by atoms with Crippen molar-refractivity contribution in [2.24, 2.45) is 5.92 Å². The number of benzene rings is 2. The molecule has 0 radical (unpaired) electrons. The summed E-state index contributed by atoms with van der Waals surface area (Å²) in [5.41, 5.74) is 1.38. The molecule has 2 fully saturated rings. The fraction of sp³-hybridized carbons (Fsp3) is 0.567. The number of hydrogen-bond acceptors (Lipinski definition) is 6. The molecule has 41 heavy (non-hydrogen) atoms. The summed E-state index contributed by atoms with van der Waals surface area (Å²) < 4.78 is 38.0. The minimum atomic E-state index is -3.89. The third-order valence-electron chi connectivity index (χ3n) is 8.14. The van der Waals surface area contributed by atoms with Crippen LogP contribution in [0.3, 0.4) is 0 Å². The SMILES string of the molecule is CN(CCOCC(=O)NC1CCC(C(CCc2ccccc2)N2CCOCC2)CC1)S(=O)(=O)c1c(Cl)cccc1Cl. The molecule has 1 atom stereocenters. The van der Waals surface area contributed by atoms with Gasteiger partial charge in [0, 0.05) is 38.8 Å². The highest BCUT2D eigenvalue weighted by atomic mass is 35.5. The summed E-state index contributed by atoms with van der Waals surface area (Å²) in [6.07, 6.45) is 6.25. The van der Waals surface area contributed by atoms with Crippen LogP contribution >= 0.6 is 23.2 Å². The molecule has 4 rings (SSSR count). The number of morpholine rings is 1. The number of sulfonamides is 1. The van der Waals surface area contributed by atoms with Gasteiger partial charge in [-0.15, -0.1) is 0 Å². The van der Waals surface area contributed by atoms with E-state index in [-0.39, 0.29) is 46.6 Å². The lowest BCUT2D eigenvalue weighted by Gasteiger charge is -2.42.